The number of carboxylic acids is 1. The molecule has 0 radical (unpaired) electrons. The number of piperidine rings is 1. The second kappa shape index (κ2) is 10.7. The number of anilines is 1. The summed E-state index contributed by atoms with van der Waals surface area (Å²) in [5.74, 6) is 1.70. The van der Waals surface area contributed by atoms with Crippen molar-refractivity contribution in [2.24, 2.45) is 5.92 Å². The van der Waals surface area contributed by atoms with Crippen molar-refractivity contribution in [3.8, 4) is 5.75 Å². The molecule has 7 nitrogen and oxygen atoms in total. The minimum Gasteiger partial charge on any atom is -0.493 e. The first-order valence-electron chi connectivity index (χ1n) is 13.0. The summed E-state index contributed by atoms with van der Waals surface area (Å²) >= 11 is 0. The van der Waals surface area contributed by atoms with Crippen molar-refractivity contribution in [3.05, 3.63) is 52.7 Å². The summed E-state index contributed by atoms with van der Waals surface area (Å²) in [7, 11) is 0. The molecule has 4 heterocycles. The molecular weight excluding hydrogens is 442 g/mol. The van der Waals surface area contributed by atoms with Crippen LogP contribution in [-0.4, -0.2) is 53.1 Å². The van der Waals surface area contributed by atoms with E-state index in [-0.39, 0.29) is 18.2 Å². The molecule has 5 rings (SSSR count). The number of nitrogens with one attached hydrogen (secondary N) is 1. The third-order valence-electron chi connectivity index (χ3n) is 7.74. The Bertz CT molecular complexity index is 1080. The van der Waals surface area contributed by atoms with Gasteiger partial charge in [-0.25, -0.2) is 4.98 Å². The molecule has 0 aliphatic carbocycles. The van der Waals surface area contributed by atoms with Crippen LogP contribution in [0.25, 0.3) is 0 Å². The predicted octanol–water partition coefficient (Wildman–Crippen LogP) is 4.19. The molecule has 1 aromatic carbocycles. The number of nitrogens with zero attached hydrogens (tertiary/aromatic N) is 2. The largest absolute Gasteiger partial charge is 0.493 e. The van der Waals surface area contributed by atoms with E-state index in [0.29, 0.717) is 25.4 Å². The number of aryl methyl sites for hydroxylation is 2. The maximum atomic E-state index is 12.9. The van der Waals surface area contributed by atoms with Crippen molar-refractivity contribution in [1.29, 1.82) is 0 Å². The van der Waals surface area contributed by atoms with Crippen LogP contribution < -0.4 is 10.1 Å². The number of likely N-dealkylation sites (tertiary alicyclic amines) is 1. The average molecular weight is 478 g/mol. The van der Waals surface area contributed by atoms with Crippen LogP contribution in [-0.2, 0) is 28.9 Å². The van der Waals surface area contributed by atoms with Crippen LogP contribution in [0.2, 0.25) is 0 Å². The molecule has 2 aromatic rings. The summed E-state index contributed by atoms with van der Waals surface area (Å²) in [6.07, 6.45) is 7.07. The second-order valence-corrected chi connectivity index (χ2v) is 10.2. The number of carbonyl (C=O) groups is 2. The molecular formula is C28H35N3O4. The number of carbonyl (C=O) groups excluding carboxylic acids is 1. The first kappa shape index (κ1) is 23.6. The smallest absolute Gasteiger partial charge is 0.303 e. The Morgan fingerprint density at radius 1 is 1.14 bits per heavy atom. The van der Waals surface area contributed by atoms with E-state index in [1.165, 1.54) is 11.1 Å². The first-order chi connectivity index (χ1) is 17.0. The van der Waals surface area contributed by atoms with Crippen LogP contribution >= 0.6 is 0 Å². The highest BCUT2D eigenvalue weighted by molar-refractivity contribution is 5.76. The van der Waals surface area contributed by atoms with E-state index in [1.54, 1.807) is 0 Å². The maximum absolute atomic E-state index is 12.9. The third kappa shape index (κ3) is 5.77. The number of hydrogen-bond donors (Lipinski definition) is 2. The van der Waals surface area contributed by atoms with Crippen LogP contribution in [0.15, 0.2) is 30.3 Å². The molecule has 0 unspecified atom stereocenters. The second-order valence-electron chi connectivity index (χ2n) is 10.2. The highest BCUT2D eigenvalue weighted by atomic mass is 16.5. The highest BCUT2D eigenvalue weighted by Gasteiger charge is 2.27. The SMILES string of the molecule is O=C(O)C[C@H](CC1CCN(C(=O)CCc2ccc3c(n2)NCCC3)CC1)c1ccc2c(c1)OCC2. The number of pyridine rings is 1. The fraction of sp³-hybridized carbons (Fsp3) is 0.536. The lowest BCUT2D eigenvalue weighted by Gasteiger charge is -2.33. The molecule has 0 spiro atoms. The van der Waals surface area contributed by atoms with E-state index in [2.05, 4.69) is 29.6 Å². The lowest BCUT2D eigenvalue weighted by atomic mass is 9.82. The van der Waals surface area contributed by atoms with Gasteiger partial charge in [-0.05, 0) is 79.2 Å². The van der Waals surface area contributed by atoms with Crippen molar-refractivity contribution < 1.29 is 19.4 Å². The standard InChI is InChI=1S/C28H35N3O4/c32-26(8-7-24-6-5-21-2-1-12-29-28(21)30-24)31-13-9-19(10-14-31)16-23(18-27(33)34)22-4-3-20-11-15-35-25(20)17-22/h3-6,17,19,23H,1-2,7-16,18H2,(H,29,30)(H,33,34)/t23-/m0/s1. The van der Waals surface area contributed by atoms with Gasteiger partial charge in [0.1, 0.15) is 11.6 Å². The Balaban J connectivity index is 1.12. The molecule has 1 fully saturated rings. The number of rotatable bonds is 8. The van der Waals surface area contributed by atoms with Crippen LogP contribution in [0.4, 0.5) is 5.82 Å². The molecule has 1 amide bonds. The zero-order valence-electron chi connectivity index (χ0n) is 20.3. The zero-order valence-corrected chi connectivity index (χ0v) is 20.3. The number of hydrogen-bond acceptors (Lipinski definition) is 5. The quantitative estimate of drug-likeness (QED) is 0.592. The van der Waals surface area contributed by atoms with E-state index in [4.69, 9.17) is 9.72 Å². The molecule has 1 aromatic heterocycles. The van der Waals surface area contributed by atoms with Gasteiger partial charge < -0.3 is 20.1 Å². The van der Waals surface area contributed by atoms with Gasteiger partial charge in [0.15, 0.2) is 0 Å². The summed E-state index contributed by atoms with van der Waals surface area (Å²) in [5.41, 5.74) is 4.49. The maximum Gasteiger partial charge on any atom is 0.303 e. The van der Waals surface area contributed by atoms with Gasteiger partial charge in [-0.1, -0.05) is 18.2 Å². The molecule has 2 N–H and O–H groups in total. The number of fused-ring (bicyclic) bond motifs is 2. The Morgan fingerprint density at radius 3 is 2.80 bits per heavy atom. The zero-order chi connectivity index (χ0) is 24.2. The average Bonchev–Trinajstić information content (AvgIpc) is 3.35. The number of ether oxygens (including phenoxy) is 1. The van der Waals surface area contributed by atoms with Gasteiger partial charge in [-0.15, -0.1) is 0 Å². The molecule has 0 bridgehead atoms. The Morgan fingerprint density at radius 2 is 1.97 bits per heavy atom. The normalized spacial score (nSPS) is 18.2. The Kier molecular flexibility index (Phi) is 7.21. The summed E-state index contributed by atoms with van der Waals surface area (Å²) in [6.45, 7) is 3.16. The van der Waals surface area contributed by atoms with Gasteiger partial charge in [0.05, 0.1) is 13.0 Å². The minimum atomic E-state index is -0.769. The van der Waals surface area contributed by atoms with E-state index < -0.39 is 5.97 Å². The summed E-state index contributed by atoms with van der Waals surface area (Å²) < 4.78 is 5.71. The van der Waals surface area contributed by atoms with Crippen molar-refractivity contribution in [1.82, 2.24) is 9.88 Å². The van der Waals surface area contributed by atoms with Gasteiger partial charge in [0.25, 0.3) is 0 Å². The Labute approximate surface area is 206 Å². The van der Waals surface area contributed by atoms with E-state index in [0.717, 1.165) is 81.0 Å². The molecule has 186 valence electrons. The van der Waals surface area contributed by atoms with E-state index in [1.807, 2.05) is 11.0 Å². The molecule has 0 saturated carbocycles. The van der Waals surface area contributed by atoms with Gasteiger partial charge in [-0.3, -0.25) is 9.59 Å². The van der Waals surface area contributed by atoms with Crippen LogP contribution in [0.3, 0.4) is 0 Å². The van der Waals surface area contributed by atoms with Gasteiger partial charge in [0, 0.05) is 38.2 Å². The van der Waals surface area contributed by atoms with E-state index >= 15 is 0 Å². The number of benzene rings is 1. The van der Waals surface area contributed by atoms with Crippen molar-refractivity contribution in [2.75, 3.05) is 31.6 Å². The van der Waals surface area contributed by atoms with Crippen LogP contribution in [0.1, 0.15) is 66.8 Å². The fourth-order valence-corrected chi connectivity index (χ4v) is 5.71. The molecule has 35 heavy (non-hydrogen) atoms. The fourth-order valence-electron chi connectivity index (χ4n) is 5.71. The summed E-state index contributed by atoms with van der Waals surface area (Å²) in [5, 5.41) is 12.9. The monoisotopic (exact) mass is 477 g/mol. The first-order valence-corrected chi connectivity index (χ1v) is 13.0. The summed E-state index contributed by atoms with van der Waals surface area (Å²) in [4.78, 5) is 31.1. The molecule has 3 aliphatic heterocycles. The number of amides is 1. The number of aliphatic carboxylic acids is 1. The van der Waals surface area contributed by atoms with Crippen LogP contribution in [0.5, 0.6) is 5.75 Å². The van der Waals surface area contributed by atoms with Gasteiger partial charge in [0.2, 0.25) is 5.91 Å². The minimum absolute atomic E-state index is 0.0297. The summed E-state index contributed by atoms with van der Waals surface area (Å²) in [6, 6.07) is 10.4. The van der Waals surface area contributed by atoms with Crippen molar-refractivity contribution in [2.45, 2.75) is 63.7 Å². The van der Waals surface area contributed by atoms with Crippen molar-refractivity contribution >= 4 is 17.7 Å². The van der Waals surface area contributed by atoms with Gasteiger partial charge in [-0.2, -0.15) is 0 Å². The predicted molar refractivity (Wildman–Crippen MR) is 134 cm³/mol. The van der Waals surface area contributed by atoms with Crippen LogP contribution in [0, 0.1) is 5.92 Å². The third-order valence-corrected chi connectivity index (χ3v) is 7.74. The number of aromatic nitrogens is 1. The molecule has 3 aliphatic rings. The number of carboxylic acid groups (broad SMARTS) is 1. The Hall–Kier alpha value is -3.09. The molecule has 1 saturated heterocycles. The molecule has 7 heteroatoms. The van der Waals surface area contributed by atoms with E-state index in [9.17, 15) is 14.7 Å². The van der Waals surface area contributed by atoms with Gasteiger partial charge >= 0.3 is 5.97 Å². The lowest BCUT2D eigenvalue weighted by Crippen LogP contribution is -2.39. The topological polar surface area (TPSA) is 91.8 Å². The lowest BCUT2D eigenvalue weighted by molar-refractivity contribution is -0.137. The van der Waals surface area contributed by atoms with Crippen molar-refractivity contribution in [3.63, 3.8) is 0 Å². The molecule has 1 atom stereocenters. The highest BCUT2D eigenvalue weighted by Crippen LogP contribution is 2.36.